The van der Waals surface area contributed by atoms with E-state index in [1.807, 2.05) is 16.4 Å². The van der Waals surface area contributed by atoms with Gasteiger partial charge in [0.25, 0.3) is 50.6 Å². The predicted octanol–water partition coefficient (Wildman–Crippen LogP) is 6.50. The first-order valence-electron chi connectivity index (χ1n) is 28.0. The average molecular weight is 1360 g/mol. The van der Waals surface area contributed by atoms with Crippen molar-refractivity contribution in [3.05, 3.63) is 120 Å². The summed E-state index contributed by atoms with van der Waals surface area (Å²) in [6.07, 6.45) is 12.8. The number of hydrogen-bond donors (Lipinski definition) is 7. The predicted molar refractivity (Wildman–Crippen MR) is 329 cm³/mol. The highest BCUT2D eigenvalue weighted by atomic mass is 32.2. The number of ether oxygens (including phenoxy) is 5. The smallest absolute Gasteiger partial charge is 0.333 e. The minimum absolute atomic E-state index is 0.00363. The van der Waals surface area contributed by atoms with E-state index in [9.17, 15) is 79.9 Å². The summed E-state index contributed by atoms with van der Waals surface area (Å²) in [5.74, 6) is -2.42. The quantitative estimate of drug-likeness (QED) is 0.01000. The largest absolute Gasteiger partial charge is 0.492 e. The van der Waals surface area contributed by atoms with Gasteiger partial charge in [0.15, 0.2) is 12.3 Å². The van der Waals surface area contributed by atoms with E-state index in [2.05, 4.69) is 0 Å². The fourth-order valence-corrected chi connectivity index (χ4v) is 14.5. The van der Waals surface area contributed by atoms with E-state index in [-0.39, 0.29) is 93.4 Å². The summed E-state index contributed by atoms with van der Waals surface area (Å²) < 4.78 is 208. The van der Waals surface area contributed by atoms with Gasteiger partial charge in [0.05, 0.1) is 60.6 Å². The molecule has 7 rings (SSSR count). The van der Waals surface area contributed by atoms with Crippen LogP contribution in [0.25, 0.3) is 21.5 Å². The van der Waals surface area contributed by atoms with Gasteiger partial charge in [-0.15, -0.1) is 4.73 Å². The zero-order chi connectivity index (χ0) is 66.0. The van der Waals surface area contributed by atoms with Crippen molar-refractivity contribution in [2.45, 2.75) is 89.2 Å². The fraction of sp³-hybridized carbons (Fsp3) is 0.414. The summed E-state index contributed by atoms with van der Waals surface area (Å²) in [5.41, 5.74) is 0.275. The number of allylic oxidation sites excluding steroid dienone is 8. The van der Waals surface area contributed by atoms with Gasteiger partial charge in [-0.1, -0.05) is 42.9 Å². The summed E-state index contributed by atoms with van der Waals surface area (Å²) in [6, 6.07) is 11.7. The number of methoxy groups -OCH3 is 2. The molecule has 2 atom stereocenters. The van der Waals surface area contributed by atoms with Crippen LogP contribution >= 0.6 is 0 Å². The second kappa shape index (κ2) is 29.4. The molecular formula is C58H72N3O24S5+. The molecular weight excluding hydrogens is 1280 g/mol. The van der Waals surface area contributed by atoms with E-state index < -0.39 is 104 Å². The summed E-state index contributed by atoms with van der Waals surface area (Å²) in [7, 11) is -21.9. The Hall–Kier alpha value is -6.47. The van der Waals surface area contributed by atoms with Crippen LogP contribution in [0.2, 0.25) is 0 Å². The maximum Gasteiger partial charge on any atom is 0.333 e. The lowest BCUT2D eigenvalue weighted by atomic mass is 9.74. The van der Waals surface area contributed by atoms with E-state index in [4.69, 9.17) is 28.5 Å². The molecule has 0 aliphatic carbocycles. The van der Waals surface area contributed by atoms with Gasteiger partial charge in [-0.25, -0.2) is 4.79 Å². The third-order valence-corrected chi connectivity index (χ3v) is 19.6. The van der Waals surface area contributed by atoms with Gasteiger partial charge < -0.3 is 43.6 Å². The summed E-state index contributed by atoms with van der Waals surface area (Å²) >= 11 is 0. The molecule has 27 nitrogen and oxygen atoms in total. The highest BCUT2D eigenvalue weighted by Crippen LogP contribution is 2.54. The van der Waals surface area contributed by atoms with Crippen LogP contribution in [0, 0.1) is 0 Å². The Labute approximate surface area is 521 Å². The summed E-state index contributed by atoms with van der Waals surface area (Å²) in [5, 5.41) is 19.8. The van der Waals surface area contributed by atoms with Crippen molar-refractivity contribution >= 4 is 95.2 Å². The number of unbranched alkanes of at least 4 members (excludes halogenated alkanes) is 2. The van der Waals surface area contributed by atoms with Crippen LogP contribution in [-0.4, -0.2) is 182 Å². The van der Waals surface area contributed by atoms with Crippen molar-refractivity contribution in [3.8, 4) is 11.8 Å². The van der Waals surface area contributed by atoms with Crippen molar-refractivity contribution in [2.75, 3.05) is 90.8 Å². The first-order chi connectivity index (χ1) is 42.3. The third-order valence-electron chi connectivity index (χ3n) is 15.4. The van der Waals surface area contributed by atoms with Gasteiger partial charge in [0, 0.05) is 91.2 Å². The zero-order valence-electron chi connectivity index (χ0n) is 49.5. The number of aromatic nitrogens is 1. The third kappa shape index (κ3) is 17.0. The lowest BCUT2D eigenvalue weighted by Crippen LogP contribution is -2.32. The van der Waals surface area contributed by atoms with E-state index in [1.165, 1.54) is 19.2 Å². The molecule has 5 aromatic rings. The van der Waals surface area contributed by atoms with Crippen molar-refractivity contribution in [1.29, 1.82) is 0 Å². The van der Waals surface area contributed by atoms with Crippen LogP contribution in [0.15, 0.2) is 128 Å². The number of benzene rings is 4. The van der Waals surface area contributed by atoms with E-state index in [0.717, 1.165) is 24.3 Å². The summed E-state index contributed by atoms with van der Waals surface area (Å²) in [6.45, 7) is 5.87. The Morgan fingerprint density at radius 1 is 0.556 bits per heavy atom. The molecule has 3 heterocycles. The van der Waals surface area contributed by atoms with Gasteiger partial charge in [-0.3, -0.25) is 22.8 Å². The number of carbonyl (C=O) groups excluding carboxylic acids is 1. The topological polar surface area (TPSA) is 396 Å². The Bertz CT molecular complexity index is 4230. The zero-order valence-corrected chi connectivity index (χ0v) is 53.6. The second-order valence-electron chi connectivity index (χ2n) is 21.5. The second-order valence-corrected chi connectivity index (χ2v) is 28.7. The first kappa shape index (κ1) is 71.0. The standard InChI is InChI=1S/C58H71N3O24S5/c1-57(23-13-35-86(65,66)67)50(60(26-28-80-3)47-20-18-42-44(55(47)57)36-40(87(68,69)70)38-48(42)89(74,75)76)14-9-6-5-7-10-15-51-58(2,24-27-82-31-32-84-34-33-83-30-29-81-4)56-45-37-41(88(71,72)73)39-49(90(77,78)79)43(45)17-19-46(56)59(51)25-12-8-11-16-54(64)85-61-52(62)21-22-53(61)63/h5-7,9-10,14-15,17-22,36-39H,8,11-13,16,23-35H2,1-4H3,(H6-,62,63,65,66,67,68,69,70,71,72,73,74,75,76,77,78,79)/p+1. The SMILES string of the molecule is COCCOCCOCCOCCC1(C)C(=CC=CC=CC=CC2=[N+](CCOC)c3ccc4c(S(=O)(=O)O)cc(S(=O)(=O)O)cc4c3C2(C)CCCS(=O)(=O)O)N(CCCCCC(=O)On2c(O)ccc2O)c2ccc3c(S(=O)(=O)O)cc(S(=O)(=O)O)cc3c21. The van der Waals surface area contributed by atoms with Crippen LogP contribution < -0.4 is 9.74 Å². The van der Waals surface area contributed by atoms with Crippen LogP contribution in [0.5, 0.6) is 11.8 Å². The molecule has 2 aliphatic heterocycles. The average Bonchev–Trinajstić information content (AvgIpc) is 1.53. The monoisotopic (exact) mass is 1350 g/mol. The molecule has 0 spiro atoms. The fourth-order valence-electron chi connectivity index (χ4n) is 11.3. The van der Waals surface area contributed by atoms with Crippen molar-refractivity contribution in [3.63, 3.8) is 0 Å². The molecule has 90 heavy (non-hydrogen) atoms. The highest BCUT2D eigenvalue weighted by molar-refractivity contribution is 7.87. The molecule has 0 saturated carbocycles. The molecule has 2 aliphatic rings. The van der Waals surface area contributed by atoms with Gasteiger partial charge in [-0.2, -0.15) is 46.7 Å². The highest BCUT2D eigenvalue weighted by Gasteiger charge is 2.49. The minimum Gasteiger partial charge on any atom is -0.492 e. The normalized spacial score (nSPS) is 18.0. The van der Waals surface area contributed by atoms with Crippen LogP contribution in [0.1, 0.15) is 69.9 Å². The van der Waals surface area contributed by atoms with E-state index in [0.29, 0.717) is 89.9 Å². The molecule has 1 aromatic heterocycles. The number of nitrogens with zero attached hydrogens (tertiary/aromatic N) is 3. The van der Waals surface area contributed by atoms with Gasteiger partial charge >= 0.3 is 5.97 Å². The molecule has 32 heteroatoms. The van der Waals surface area contributed by atoms with Crippen LogP contribution in [-0.2, 0) is 89.9 Å². The molecule has 0 saturated heterocycles. The van der Waals surface area contributed by atoms with Crippen molar-refractivity contribution < 1.29 is 113 Å². The van der Waals surface area contributed by atoms with Gasteiger partial charge in [0.1, 0.15) is 16.4 Å². The molecule has 2 unspecified atom stereocenters. The minimum atomic E-state index is -5.12. The first-order valence-corrected chi connectivity index (χ1v) is 35.4. The lowest BCUT2D eigenvalue weighted by molar-refractivity contribution is -0.441. The Morgan fingerprint density at radius 2 is 1.09 bits per heavy atom. The van der Waals surface area contributed by atoms with Crippen molar-refractivity contribution in [2.24, 2.45) is 0 Å². The Morgan fingerprint density at radius 3 is 1.64 bits per heavy atom. The number of hydrogen-bond acceptors (Lipinski definition) is 20. The molecule has 0 amide bonds. The Balaban J connectivity index is 1.29. The van der Waals surface area contributed by atoms with Crippen LogP contribution in [0.4, 0.5) is 11.4 Å². The molecule has 7 N–H and O–H groups in total. The molecule has 492 valence electrons. The molecule has 0 radical (unpaired) electrons. The number of rotatable bonds is 34. The number of aromatic hydroxyl groups is 2. The van der Waals surface area contributed by atoms with E-state index >= 15 is 0 Å². The molecule has 4 aromatic carbocycles. The lowest BCUT2D eigenvalue weighted by Gasteiger charge is -2.31. The number of carbonyl (C=O) groups is 1. The molecule has 0 fully saturated rings. The number of fused-ring (bicyclic) bond motifs is 6. The van der Waals surface area contributed by atoms with Gasteiger partial charge in [-0.05, 0) is 105 Å². The maximum atomic E-state index is 13.0. The van der Waals surface area contributed by atoms with Crippen LogP contribution in [0.3, 0.4) is 0 Å². The summed E-state index contributed by atoms with van der Waals surface area (Å²) in [4.78, 5) is 16.6. The maximum absolute atomic E-state index is 13.0. The van der Waals surface area contributed by atoms with Gasteiger partial charge in [0.2, 0.25) is 17.4 Å². The van der Waals surface area contributed by atoms with E-state index in [1.54, 1.807) is 68.7 Å². The number of anilines is 1. The van der Waals surface area contributed by atoms with Crippen molar-refractivity contribution in [1.82, 2.24) is 4.73 Å². The Kier molecular flexibility index (Phi) is 23.2. The molecule has 0 bridgehead atoms.